The summed E-state index contributed by atoms with van der Waals surface area (Å²) < 4.78 is 0. The van der Waals surface area contributed by atoms with Gasteiger partial charge in [0.2, 0.25) is 11.9 Å². The molecule has 2 aliphatic rings. The molecule has 0 saturated carbocycles. The van der Waals surface area contributed by atoms with Crippen LogP contribution in [0.5, 0.6) is 0 Å². The number of pyridine rings is 1. The first-order valence-electron chi connectivity index (χ1n) is 8.35. The van der Waals surface area contributed by atoms with Crippen molar-refractivity contribution in [2.45, 2.75) is 20.4 Å². The molecule has 4 heterocycles. The average Bonchev–Trinajstić information content (AvgIpc) is 3.09. The predicted molar refractivity (Wildman–Crippen MR) is 90.4 cm³/mol. The highest BCUT2D eigenvalue weighted by molar-refractivity contribution is 5.83. The van der Waals surface area contributed by atoms with Crippen molar-refractivity contribution < 1.29 is 4.79 Å². The Kier molecular flexibility index (Phi) is 3.67. The number of carbonyl (C=O) groups excluding carboxylic acids is 1. The quantitative estimate of drug-likeness (QED) is 0.858. The molecule has 1 amide bonds. The van der Waals surface area contributed by atoms with Gasteiger partial charge in [0, 0.05) is 43.6 Å². The van der Waals surface area contributed by atoms with Crippen LogP contribution in [-0.4, -0.2) is 45.4 Å². The van der Waals surface area contributed by atoms with Gasteiger partial charge in [0.1, 0.15) is 0 Å². The highest BCUT2D eigenvalue weighted by Crippen LogP contribution is 2.34. The predicted octanol–water partition coefficient (Wildman–Crippen LogP) is 1.58. The fourth-order valence-electron chi connectivity index (χ4n) is 3.68. The molecule has 6 heteroatoms. The smallest absolute Gasteiger partial charge is 0.228 e. The largest absolute Gasteiger partial charge is 0.340 e. The van der Waals surface area contributed by atoms with Gasteiger partial charge in [-0.25, -0.2) is 9.97 Å². The Morgan fingerprint density at radius 3 is 2.62 bits per heavy atom. The van der Waals surface area contributed by atoms with Crippen LogP contribution < -0.4 is 4.90 Å². The van der Waals surface area contributed by atoms with Gasteiger partial charge in [0.15, 0.2) is 0 Å². The number of likely N-dealkylation sites (tertiary alicyclic amines) is 1. The second-order valence-corrected chi connectivity index (χ2v) is 6.82. The van der Waals surface area contributed by atoms with Gasteiger partial charge < -0.3 is 9.80 Å². The number of carbonyl (C=O) groups is 1. The van der Waals surface area contributed by atoms with Gasteiger partial charge in [-0.2, -0.15) is 0 Å². The first-order valence-corrected chi connectivity index (χ1v) is 8.35. The SMILES string of the molecule is Cc1cnc(N2C[C@H]3CN(Cc4cccc(C)n4)C(=O)[C@H]3C2)nc1. The van der Waals surface area contributed by atoms with Gasteiger partial charge >= 0.3 is 0 Å². The van der Waals surface area contributed by atoms with Crippen molar-refractivity contribution in [1.82, 2.24) is 19.9 Å². The Morgan fingerprint density at radius 2 is 1.92 bits per heavy atom. The fraction of sp³-hybridized carbons (Fsp3) is 0.444. The zero-order valence-corrected chi connectivity index (χ0v) is 14.0. The topological polar surface area (TPSA) is 62.2 Å². The first kappa shape index (κ1) is 15.1. The van der Waals surface area contributed by atoms with Crippen LogP contribution in [0.3, 0.4) is 0 Å². The molecule has 124 valence electrons. The summed E-state index contributed by atoms with van der Waals surface area (Å²) in [4.78, 5) is 30.1. The van der Waals surface area contributed by atoms with Crippen LogP contribution in [0.1, 0.15) is 17.0 Å². The van der Waals surface area contributed by atoms with E-state index in [1.165, 1.54) is 0 Å². The van der Waals surface area contributed by atoms with E-state index < -0.39 is 0 Å². The van der Waals surface area contributed by atoms with Gasteiger partial charge in [-0.15, -0.1) is 0 Å². The Bertz CT molecular complexity index is 760. The summed E-state index contributed by atoms with van der Waals surface area (Å²) in [5.74, 6) is 1.37. The van der Waals surface area contributed by atoms with E-state index in [0.717, 1.165) is 36.0 Å². The molecule has 2 aromatic rings. The van der Waals surface area contributed by atoms with Gasteiger partial charge in [-0.05, 0) is 31.5 Å². The molecule has 24 heavy (non-hydrogen) atoms. The number of aromatic nitrogens is 3. The highest BCUT2D eigenvalue weighted by atomic mass is 16.2. The highest BCUT2D eigenvalue weighted by Gasteiger charge is 2.46. The molecule has 2 aliphatic heterocycles. The van der Waals surface area contributed by atoms with E-state index >= 15 is 0 Å². The monoisotopic (exact) mass is 323 g/mol. The lowest BCUT2D eigenvalue weighted by Crippen LogP contribution is -2.33. The minimum absolute atomic E-state index is 0.0553. The number of hydrogen-bond donors (Lipinski definition) is 0. The first-order chi connectivity index (χ1) is 11.6. The molecule has 2 saturated heterocycles. The summed E-state index contributed by atoms with van der Waals surface area (Å²) in [5, 5.41) is 0. The summed E-state index contributed by atoms with van der Waals surface area (Å²) >= 11 is 0. The van der Waals surface area contributed by atoms with Crippen molar-refractivity contribution in [2.75, 3.05) is 24.5 Å². The summed E-state index contributed by atoms with van der Waals surface area (Å²) in [6.07, 6.45) is 3.65. The number of amides is 1. The van der Waals surface area contributed by atoms with E-state index in [-0.39, 0.29) is 11.8 Å². The van der Waals surface area contributed by atoms with Crippen LogP contribution in [0, 0.1) is 25.7 Å². The van der Waals surface area contributed by atoms with Gasteiger partial charge in [0.05, 0.1) is 18.2 Å². The van der Waals surface area contributed by atoms with Crippen LogP contribution in [0.25, 0.3) is 0 Å². The van der Waals surface area contributed by atoms with Crippen molar-refractivity contribution in [3.05, 3.63) is 47.5 Å². The number of fused-ring (bicyclic) bond motifs is 1. The van der Waals surface area contributed by atoms with Gasteiger partial charge in [-0.3, -0.25) is 9.78 Å². The molecule has 4 rings (SSSR count). The standard InChI is InChI=1S/C18H21N5O/c1-12-6-19-18(20-7-12)23-9-14-8-22(17(24)16(14)11-23)10-15-5-3-4-13(2)21-15/h3-7,14,16H,8-11H2,1-2H3/t14-,16+/m1/s1. The molecular formula is C18H21N5O. The zero-order valence-electron chi connectivity index (χ0n) is 14.0. The van der Waals surface area contributed by atoms with Gasteiger partial charge in [0.25, 0.3) is 0 Å². The zero-order chi connectivity index (χ0) is 16.7. The minimum Gasteiger partial charge on any atom is -0.340 e. The number of rotatable bonds is 3. The van der Waals surface area contributed by atoms with E-state index in [1.807, 2.05) is 49.3 Å². The van der Waals surface area contributed by atoms with Crippen molar-refractivity contribution in [3.63, 3.8) is 0 Å². The molecule has 0 spiro atoms. The summed E-state index contributed by atoms with van der Waals surface area (Å²) in [6, 6.07) is 5.96. The Balaban J connectivity index is 1.44. The molecule has 0 aromatic carbocycles. The lowest BCUT2D eigenvalue weighted by Gasteiger charge is -2.21. The number of nitrogens with zero attached hydrogens (tertiary/aromatic N) is 5. The molecule has 6 nitrogen and oxygen atoms in total. The molecular weight excluding hydrogens is 302 g/mol. The molecule has 2 fully saturated rings. The maximum absolute atomic E-state index is 12.7. The molecule has 0 radical (unpaired) electrons. The van der Waals surface area contributed by atoms with E-state index in [1.54, 1.807) is 0 Å². The molecule has 0 bridgehead atoms. The van der Waals surface area contributed by atoms with Crippen LogP contribution in [-0.2, 0) is 11.3 Å². The molecule has 0 unspecified atom stereocenters. The normalized spacial score (nSPS) is 23.0. The number of hydrogen-bond acceptors (Lipinski definition) is 5. The van der Waals surface area contributed by atoms with Crippen molar-refractivity contribution in [3.8, 4) is 0 Å². The van der Waals surface area contributed by atoms with Crippen LogP contribution >= 0.6 is 0 Å². The average molecular weight is 323 g/mol. The van der Waals surface area contributed by atoms with Crippen LogP contribution in [0.15, 0.2) is 30.6 Å². The molecule has 2 aromatic heterocycles. The maximum Gasteiger partial charge on any atom is 0.228 e. The number of aryl methyl sites for hydroxylation is 2. The Morgan fingerprint density at radius 1 is 1.12 bits per heavy atom. The third-order valence-electron chi connectivity index (χ3n) is 4.87. The van der Waals surface area contributed by atoms with Gasteiger partial charge in [-0.1, -0.05) is 6.07 Å². The van der Waals surface area contributed by atoms with E-state index in [2.05, 4.69) is 19.9 Å². The fourth-order valence-corrected chi connectivity index (χ4v) is 3.68. The molecule has 0 N–H and O–H groups in total. The lowest BCUT2D eigenvalue weighted by atomic mass is 10.0. The van der Waals surface area contributed by atoms with Crippen LogP contribution in [0.2, 0.25) is 0 Å². The second-order valence-electron chi connectivity index (χ2n) is 6.82. The maximum atomic E-state index is 12.7. The van der Waals surface area contributed by atoms with Crippen molar-refractivity contribution in [1.29, 1.82) is 0 Å². The lowest BCUT2D eigenvalue weighted by molar-refractivity contribution is -0.131. The summed E-state index contributed by atoms with van der Waals surface area (Å²) in [6.45, 7) is 6.91. The minimum atomic E-state index is 0.0553. The summed E-state index contributed by atoms with van der Waals surface area (Å²) in [5.41, 5.74) is 3.00. The molecule has 2 atom stereocenters. The third-order valence-corrected chi connectivity index (χ3v) is 4.87. The molecule has 0 aliphatic carbocycles. The number of anilines is 1. The Labute approximate surface area is 141 Å². The van der Waals surface area contributed by atoms with E-state index in [9.17, 15) is 4.79 Å². The van der Waals surface area contributed by atoms with Crippen molar-refractivity contribution in [2.24, 2.45) is 11.8 Å². The van der Waals surface area contributed by atoms with Crippen molar-refractivity contribution >= 4 is 11.9 Å². The summed E-state index contributed by atoms with van der Waals surface area (Å²) in [7, 11) is 0. The Hall–Kier alpha value is -2.50. The van der Waals surface area contributed by atoms with E-state index in [4.69, 9.17) is 0 Å². The second kappa shape index (κ2) is 5.85. The third kappa shape index (κ3) is 2.72. The van der Waals surface area contributed by atoms with Crippen LogP contribution in [0.4, 0.5) is 5.95 Å². The van der Waals surface area contributed by atoms with E-state index in [0.29, 0.717) is 19.0 Å².